The molecular formula is C12H20BrNO2S. The van der Waals surface area contributed by atoms with Gasteiger partial charge in [-0.05, 0) is 27.9 Å². The largest absolute Gasteiger partial charge is 0.379 e. The highest BCUT2D eigenvalue weighted by molar-refractivity contribution is 9.10. The highest BCUT2D eigenvalue weighted by atomic mass is 79.9. The Labute approximate surface area is 115 Å². The molecule has 0 spiro atoms. The first-order chi connectivity index (χ1) is 8.13. The lowest BCUT2D eigenvalue weighted by atomic mass is 10.2. The highest BCUT2D eigenvalue weighted by Crippen LogP contribution is 2.27. The van der Waals surface area contributed by atoms with Crippen LogP contribution in [-0.4, -0.2) is 26.4 Å². The molecule has 0 aliphatic heterocycles. The van der Waals surface area contributed by atoms with Crippen molar-refractivity contribution in [2.24, 2.45) is 11.7 Å². The van der Waals surface area contributed by atoms with E-state index in [0.29, 0.717) is 25.7 Å². The summed E-state index contributed by atoms with van der Waals surface area (Å²) in [6.07, 6.45) is -0.0195. The summed E-state index contributed by atoms with van der Waals surface area (Å²) in [5, 5.41) is 2.04. The molecule has 1 atom stereocenters. The van der Waals surface area contributed by atoms with E-state index < -0.39 is 0 Å². The lowest BCUT2D eigenvalue weighted by Gasteiger charge is -2.14. The molecule has 1 unspecified atom stereocenters. The molecule has 0 aliphatic carbocycles. The standard InChI is InChI=1S/C12H20BrNO2S/c1-9(2)7-15-3-4-16-11(6-14)12-5-10(13)8-17-12/h5,8-9,11H,3-4,6-7,14H2,1-2H3. The lowest BCUT2D eigenvalue weighted by Crippen LogP contribution is -2.17. The van der Waals surface area contributed by atoms with Crippen LogP contribution in [0.4, 0.5) is 0 Å². The van der Waals surface area contributed by atoms with Gasteiger partial charge in [-0.3, -0.25) is 0 Å². The quantitative estimate of drug-likeness (QED) is 0.748. The topological polar surface area (TPSA) is 44.5 Å². The van der Waals surface area contributed by atoms with Crippen molar-refractivity contribution in [1.82, 2.24) is 0 Å². The second-order valence-electron chi connectivity index (χ2n) is 4.23. The number of hydrogen-bond acceptors (Lipinski definition) is 4. The van der Waals surface area contributed by atoms with Gasteiger partial charge in [0.05, 0.1) is 13.2 Å². The first-order valence-electron chi connectivity index (χ1n) is 5.76. The molecule has 5 heteroatoms. The fourth-order valence-electron chi connectivity index (χ4n) is 1.33. The van der Waals surface area contributed by atoms with Crippen LogP contribution in [-0.2, 0) is 9.47 Å². The van der Waals surface area contributed by atoms with E-state index in [-0.39, 0.29) is 6.10 Å². The molecule has 0 amide bonds. The summed E-state index contributed by atoms with van der Waals surface area (Å²) in [7, 11) is 0. The van der Waals surface area contributed by atoms with Crippen molar-refractivity contribution in [3.63, 3.8) is 0 Å². The number of thiophene rings is 1. The average molecular weight is 322 g/mol. The van der Waals surface area contributed by atoms with Crippen LogP contribution in [0.1, 0.15) is 24.8 Å². The normalized spacial score (nSPS) is 13.2. The van der Waals surface area contributed by atoms with Gasteiger partial charge in [-0.15, -0.1) is 11.3 Å². The van der Waals surface area contributed by atoms with Crippen molar-refractivity contribution in [1.29, 1.82) is 0 Å². The van der Waals surface area contributed by atoms with Gasteiger partial charge in [0.15, 0.2) is 0 Å². The molecule has 0 aliphatic rings. The fourth-order valence-corrected chi connectivity index (χ4v) is 2.84. The van der Waals surface area contributed by atoms with Crippen molar-refractivity contribution in [2.75, 3.05) is 26.4 Å². The Balaban J connectivity index is 2.24. The SMILES string of the molecule is CC(C)COCCOC(CN)c1cc(Br)cs1. The molecule has 98 valence electrons. The zero-order valence-electron chi connectivity index (χ0n) is 10.3. The summed E-state index contributed by atoms with van der Waals surface area (Å²) in [6, 6.07) is 2.05. The number of nitrogens with two attached hydrogens (primary N) is 1. The maximum absolute atomic E-state index is 5.71. The summed E-state index contributed by atoms with van der Waals surface area (Å²) in [6.45, 7) is 6.75. The molecule has 1 heterocycles. The smallest absolute Gasteiger partial charge is 0.104 e. The molecule has 0 fully saturated rings. The van der Waals surface area contributed by atoms with Gasteiger partial charge in [0.2, 0.25) is 0 Å². The van der Waals surface area contributed by atoms with Crippen LogP contribution in [0.25, 0.3) is 0 Å². The van der Waals surface area contributed by atoms with Crippen LogP contribution in [0.5, 0.6) is 0 Å². The molecule has 0 saturated carbocycles. The molecule has 1 aromatic rings. The second-order valence-corrected chi connectivity index (χ2v) is 6.09. The zero-order chi connectivity index (χ0) is 12.7. The summed E-state index contributed by atoms with van der Waals surface area (Å²) in [4.78, 5) is 1.16. The minimum Gasteiger partial charge on any atom is -0.379 e. The number of halogens is 1. The summed E-state index contributed by atoms with van der Waals surface area (Å²) < 4.78 is 12.3. The van der Waals surface area contributed by atoms with E-state index in [4.69, 9.17) is 15.2 Å². The first-order valence-corrected chi connectivity index (χ1v) is 7.44. The molecule has 1 rings (SSSR count). The van der Waals surface area contributed by atoms with Crippen molar-refractivity contribution < 1.29 is 9.47 Å². The van der Waals surface area contributed by atoms with Crippen molar-refractivity contribution in [2.45, 2.75) is 20.0 Å². The van der Waals surface area contributed by atoms with Crippen LogP contribution >= 0.6 is 27.3 Å². The zero-order valence-corrected chi connectivity index (χ0v) is 12.7. The summed E-state index contributed by atoms with van der Waals surface area (Å²) >= 11 is 5.09. The summed E-state index contributed by atoms with van der Waals surface area (Å²) in [5.74, 6) is 0.563. The van der Waals surface area contributed by atoms with Gasteiger partial charge in [0.1, 0.15) is 6.10 Å². The van der Waals surface area contributed by atoms with Gasteiger partial charge in [0.25, 0.3) is 0 Å². The fraction of sp³-hybridized carbons (Fsp3) is 0.667. The van der Waals surface area contributed by atoms with E-state index >= 15 is 0 Å². The number of ether oxygens (including phenoxy) is 2. The maximum atomic E-state index is 5.71. The van der Waals surface area contributed by atoms with Gasteiger partial charge in [-0.1, -0.05) is 13.8 Å². The van der Waals surface area contributed by atoms with Crippen LogP contribution < -0.4 is 5.73 Å². The van der Waals surface area contributed by atoms with Crippen LogP contribution in [0.2, 0.25) is 0 Å². The van der Waals surface area contributed by atoms with Crippen LogP contribution in [0.3, 0.4) is 0 Å². The monoisotopic (exact) mass is 321 g/mol. The van der Waals surface area contributed by atoms with Gasteiger partial charge in [-0.2, -0.15) is 0 Å². The van der Waals surface area contributed by atoms with E-state index in [9.17, 15) is 0 Å². The molecule has 17 heavy (non-hydrogen) atoms. The lowest BCUT2D eigenvalue weighted by molar-refractivity contribution is 0.00305. The third-order valence-corrected chi connectivity index (χ3v) is 3.90. The molecule has 1 aromatic heterocycles. The minimum atomic E-state index is -0.0195. The van der Waals surface area contributed by atoms with Crippen LogP contribution in [0, 0.1) is 5.92 Å². The van der Waals surface area contributed by atoms with Crippen LogP contribution in [0.15, 0.2) is 15.9 Å². The highest BCUT2D eigenvalue weighted by Gasteiger charge is 2.12. The van der Waals surface area contributed by atoms with E-state index in [1.54, 1.807) is 11.3 Å². The van der Waals surface area contributed by atoms with E-state index in [1.165, 1.54) is 0 Å². The molecule has 3 nitrogen and oxygen atoms in total. The third kappa shape index (κ3) is 5.97. The maximum Gasteiger partial charge on any atom is 0.104 e. The van der Waals surface area contributed by atoms with E-state index in [1.807, 2.05) is 5.38 Å². The van der Waals surface area contributed by atoms with Crippen molar-refractivity contribution >= 4 is 27.3 Å². The predicted molar refractivity (Wildman–Crippen MR) is 75.4 cm³/mol. The Hall–Kier alpha value is 0.0600. The third-order valence-electron chi connectivity index (χ3n) is 2.12. The Bertz CT molecular complexity index is 317. The Morgan fingerprint density at radius 2 is 2.18 bits per heavy atom. The summed E-state index contributed by atoms with van der Waals surface area (Å²) in [5.41, 5.74) is 5.70. The molecule has 0 saturated heterocycles. The van der Waals surface area contributed by atoms with Crippen molar-refractivity contribution in [3.8, 4) is 0 Å². The Kier molecular flexibility index (Phi) is 7.30. The molecular weight excluding hydrogens is 302 g/mol. The first kappa shape index (κ1) is 15.1. The van der Waals surface area contributed by atoms with Gasteiger partial charge < -0.3 is 15.2 Å². The molecule has 2 N–H and O–H groups in total. The average Bonchev–Trinajstić information content (AvgIpc) is 2.70. The molecule has 0 aromatic carbocycles. The Morgan fingerprint density at radius 1 is 1.41 bits per heavy atom. The minimum absolute atomic E-state index is 0.0195. The van der Waals surface area contributed by atoms with Gasteiger partial charge >= 0.3 is 0 Å². The van der Waals surface area contributed by atoms with E-state index in [2.05, 4.69) is 35.8 Å². The van der Waals surface area contributed by atoms with Gasteiger partial charge in [-0.25, -0.2) is 0 Å². The molecule has 0 bridgehead atoms. The van der Waals surface area contributed by atoms with Crippen molar-refractivity contribution in [3.05, 3.63) is 20.8 Å². The second kappa shape index (κ2) is 8.21. The number of hydrogen-bond donors (Lipinski definition) is 1. The molecule has 0 radical (unpaired) electrons. The van der Waals surface area contributed by atoms with E-state index in [0.717, 1.165) is 16.0 Å². The Morgan fingerprint density at radius 3 is 2.71 bits per heavy atom. The number of rotatable bonds is 8. The predicted octanol–water partition coefficient (Wildman–Crippen LogP) is 3.20. The van der Waals surface area contributed by atoms with Gasteiger partial charge in [0, 0.05) is 27.9 Å².